The number of halogens is 2. The fraction of sp³-hybridized carbons (Fsp3) is 0.188. The molecule has 21 heavy (non-hydrogen) atoms. The van der Waals surface area contributed by atoms with E-state index >= 15 is 0 Å². The fourth-order valence-electron chi connectivity index (χ4n) is 1.84. The minimum Gasteiger partial charge on any atom is -0.457 e. The van der Waals surface area contributed by atoms with Crippen LogP contribution in [0.4, 0.5) is 14.5 Å². The van der Waals surface area contributed by atoms with Gasteiger partial charge in [0.25, 0.3) is 0 Å². The number of anilines is 1. The molecule has 2 aromatic carbocycles. The third-order valence-corrected chi connectivity index (χ3v) is 3.29. The van der Waals surface area contributed by atoms with E-state index in [0.29, 0.717) is 5.56 Å². The lowest BCUT2D eigenvalue weighted by molar-refractivity contribution is 0.0471. The van der Waals surface area contributed by atoms with Crippen LogP contribution in [0.3, 0.4) is 0 Å². The summed E-state index contributed by atoms with van der Waals surface area (Å²) < 4.78 is 31.8. The van der Waals surface area contributed by atoms with Crippen molar-refractivity contribution in [2.45, 2.75) is 20.5 Å². The molecule has 0 amide bonds. The largest absolute Gasteiger partial charge is 0.457 e. The van der Waals surface area contributed by atoms with Crippen LogP contribution in [0.5, 0.6) is 0 Å². The monoisotopic (exact) mass is 291 g/mol. The molecule has 3 nitrogen and oxygen atoms in total. The van der Waals surface area contributed by atoms with Crippen LogP contribution in [-0.2, 0) is 11.3 Å². The van der Waals surface area contributed by atoms with E-state index in [1.54, 1.807) is 13.0 Å². The van der Waals surface area contributed by atoms with Gasteiger partial charge in [0.1, 0.15) is 18.2 Å². The third-order valence-electron chi connectivity index (χ3n) is 3.29. The van der Waals surface area contributed by atoms with E-state index in [4.69, 9.17) is 10.5 Å². The number of carbonyl (C=O) groups is 1. The highest BCUT2D eigenvalue weighted by molar-refractivity contribution is 5.90. The van der Waals surface area contributed by atoms with Crippen molar-refractivity contribution in [3.05, 3.63) is 64.2 Å². The third kappa shape index (κ3) is 3.37. The first kappa shape index (κ1) is 15.0. The van der Waals surface area contributed by atoms with Crippen LogP contribution in [0.2, 0.25) is 0 Å². The second-order valence-corrected chi connectivity index (χ2v) is 4.82. The predicted octanol–water partition coefficient (Wildman–Crippen LogP) is 3.52. The van der Waals surface area contributed by atoms with Gasteiger partial charge < -0.3 is 10.5 Å². The first-order valence-corrected chi connectivity index (χ1v) is 6.36. The molecular formula is C16H15F2NO2. The maximum absolute atomic E-state index is 13.5. The molecule has 0 bridgehead atoms. The van der Waals surface area contributed by atoms with Gasteiger partial charge in [-0.05, 0) is 49.2 Å². The molecule has 0 atom stereocenters. The molecule has 0 aliphatic heterocycles. The zero-order chi connectivity index (χ0) is 15.6. The highest BCUT2D eigenvalue weighted by atomic mass is 19.1. The van der Waals surface area contributed by atoms with Crippen molar-refractivity contribution in [1.82, 2.24) is 0 Å². The first-order valence-electron chi connectivity index (χ1n) is 6.36. The van der Waals surface area contributed by atoms with Crippen molar-refractivity contribution in [3.8, 4) is 0 Å². The summed E-state index contributed by atoms with van der Waals surface area (Å²) in [5.74, 6) is -1.68. The summed E-state index contributed by atoms with van der Waals surface area (Å²) in [6, 6.07) is 6.66. The number of nitrogens with two attached hydrogens (primary N) is 1. The van der Waals surface area contributed by atoms with E-state index in [9.17, 15) is 13.6 Å². The average molecular weight is 291 g/mol. The normalized spacial score (nSPS) is 10.5. The maximum Gasteiger partial charge on any atom is 0.338 e. The van der Waals surface area contributed by atoms with Crippen LogP contribution in [0.25, 0.3) is 0 Å². The van der Waals surface area contributed by atoms with Gasteiger partial charge >= 0.3 is 5.97 Å². The van der Waals surface area contributed by atoms with Crippen molar-refractivity contribution in [2.75, 3.05) is 5.73 Å². The van der Waals surface area contributed by atoms with Gasteiger partial charge in [-0.25, -0.2) is 13.6 Å². The molecule has 2 N–H and O–H groups in total. The van der Waals surface area contributed by atoms with E-state index < -0.39 is 17.6 Å². The van der Waals surface area contributed by atoms with Crippen molar-refractivity contribution in [3.63, 3.8) is 0 Å². The molecule has 0 aliphatic rings. The van der Waals surface area contributed by atoms with Crippen molar-refractivity contribution >= 4 is 11.7 Å². The predicted molar refractivity (Wildman–Crippen MR) is 75.8 cm³/mol. The summed E-state index contributed by atoms with van der Waals surface area (Å²) in [4.78, 5) is 11.9. The molecule has 2 aromatic rings. The molecule has 2 rings (SSSR count). The highest BCUT2D eigenvalue weighted by Crippen LogP contribution is 2.19. The molecule has 0 aliphatic carbocycles. The summed E-state index contributed by atoms with van der Waals surface area (Å²) in [5.41, 5.74) is 7.48. The van der Waals surface area contributed by atoms with Crippen LogP contribution in [0.15, 0.2) is 30.3 Å². The molecule has 5 heteroatoms. The van der Waals surface area contributed by atoms with Crippen LogP contribution < -0.4 is 5.73 Å². The Bertz CT molecular complexity index is 676. The molecule has 0 saturated heterocycles. The Balaban J connectivity index is 2.13. The number of hydrogen-bond acceptors (Lipinski definition) is 3. The molecular weight excluding hydrogens is 276 g/mol. The Morgan fingerprint density at radius 2 is 1.90 bits per heavy atom. The molecule has 0 radical (unpaired) electrons. The van der Waals surface area contributed by atoms with Crippen LogP contribution in [0, 0.1) is 25.5 Å². The van der Waals surface area contributed by atoms with Gasteiger partial charge in [-0.1, -0.05) is 6.07 Å². The molecule has 0 heterocycles. The number of nitrogen functional groups attached to an aromatic ring is 1. The minimum atomic E-state index is -0.704. The van der Waals surface area contributed by atoms with Crippen LogP contribution in [-0.4, -0.2) is 5.97 Å². The first-order chi connectivity index (χ1) is 9.88. The number of ether oxygens (including phenoxy) is 1. The van der Waals surface area contributed by atoms with Crippen molar-refractivity contribution < 1.29 is 18.3 Å². The zero-order valence-electron chi connectivity index (χ0n) is 11.7. The Labute approximate surface area is 121 Å². The van der Waals surface area contributed by atoms with E-state index in [0.717, 1.165) is 11.6 Å². The van der Waals surface area contributed by atoms with E-state index in [1.807, 2.05) is 0 Å². The Hall–Kier alpha value is -2.43. The number of aryl methyl sites for hydroxylation is 1. The summed E-state index contributed by atoms with van der Waals surface area (Å²) >= 11 is 0. The van der Waals surface area contributed by atoms with Gasteiger partial charge in [0, 0.05) is 11.3 Å². The number of carbonyl (C=O) groups excluding carboxylic acids is 1. The second-order valence-electron chi connectivity index (χ2n) is 4.82. The molecule has 0 fully saturated rings. The molecule has 0 unspecified atom stereocenters. The van der Waals surface area contributed by atoms with Gasteiger partial charge in [-0.15, -0.1) is 0 Å². The molecule has 0 spiro atoms. The van der Waals surface area contributed by atoms with Gasteiger partial charge in [0.05, 0.1) is 5.56 Å². The average Bonchev–Trinajstić information content (AvgIpc) is 2.44. The van der Waals surface area contributed by atoms with Crippen molar-refractivity contribution in [2.24, 2.45) is 0 Å². The summed E-state index contributed by atoms with van der Waals surface area (Å²) in [6.07, 6.45) is 0. The second kappa shape index (κ2) is 5.91. The van der Waals surface area contributed by atoms with Crippen molar-refractivity contribution in [1.29, 1.82) is 0 Å². The lowest BCUT2D eigenvalue weighted by atomic mass is 10.1. The standard InChI is InChI=1S/C16H15F2NO2/c1-9-3-4-13(17)5-12(9)8-21-16(20)11-6-14(18)10(2)15(19)7-11/h3-7H,8,19H2,1-2H3. The van der Waals surface area contributed by atoms with E-state index in [1.165, 1.54) is 25.1 Å². The number of esters is 1. The maximum atomic E-state index is 13.5. The summed E-state index contributed by atoms with van der Waals surface area (Å²) in [5, 5.41) is 0. The zero-order valence-corrected chi connectivity index (χ0v) is 11.7. The minimum absolute atomic E-state index is 0.0321. The molecule has 110 valence electrons. The lowest BCUT2D eigenvalue weighted by Gasteiger charge is -2.09. The van der Waals surface area contributed by atoms with Gasteiger partial charge in [-0.2, -0.15) is 0 Å². The Kier molecular flexibility index (Phi) is 4.21. The Morgan fingerprint density at radius 3 is 2.57 bits per heavy atom. The topological polar surface area (TPSA) is 52.3 Å². The summed E-state index contributed by atoms with van der Waals surface area (Å²) in [7, 11) is 0. The Morgan fingerprint density at radius 1 is 1.19 bits per heavy atom. The van der Waals surface area contributed by atoms with Crippen LogP contribution >= 0.6 is 0 Å². The van der Waals surface area contributed by atoms with Gasteiger partial charge in [0.2, 0.25) is 0 Å². The molecule has 0 saturated carbocycles. The van der Waals surface area contributed by atoms with E-state index in [-0.39, 0.29) is 23.4 Å². The quantitative estimate of drug-likeness (QED) is 0.695. The fourth-order valence-corrected chi connectivity index (χ4v) is 1.84. The molecule has 0 aromatic heterocycles. The highest BCUT2D eigenvalue weighted by Gasteiger charge is 2.13. The van der Waals surface area contributed by atoms with Gasteiger partial charge in [0.15, 0.2) is 0 Å². The number of benzene rings is 2. The lowest BCUT2D eigenvalue weighted by Crippen LogP contribution is -2.08. The number of hydrogen-bond donors (Lipinski definition) is 1. The van der Waals surface area contributed by atoms with Gasteiger partial charge in [-0.3, -0.25) is 0 Å². The van der Waals surface area contributed by atoms with Crippen LogP contribution in [0.1, 0.15) is 27.0 Å². The van der Waals surface area contributed by atoms with E-state index in [2.05, 4.69) is 0 Å². The SMILES string of the molecule is Cc1ccc(F)cc1COC(=O)c1cc(N)c(C)c(F)c1. The number of rotatable bonds is 3. The smallest absolute Gasteiger partial charge is 0.338 e. The summed E-state index contributed by atoms with van der Waals surface area (Å²) in [6.45, 7) is 3.22.